The van der Waals surface area contributed by atoms with Gasteiger partial charge in [-0.1, -0.05) is 0 Å². The van der Waals surface area contributed by atoms with Gasteiger partial charge in [0, 0.05) is 0 Å². The normalized spacial score (nSPS) is 28.3. The van der Waals surface area contributed by atoms with Gasteiger partial charge in [0.1, 0.15) is 0 Å². The summed E-state index contributed by atoms with van der Waals surface area (Å²) in [6.45, 7) is 0. The molecule has 7 heavy (non-hydrogen) atoms. The van der Waals surface area contributed by atoms with Gasteiger partial charge < -0.3 is 0 Å². The van der Waals surface area contributed by atoms with E-state index < -0.39 is 13.5 Å². The van der Waals surface area contributed by atoms with Crippen LogP contribution < -0.4 is 0 Å². The third kappa shape index (κ3) is 1.60. The predicted octanol–water partition coefficient (Wildman–Crippen LogP) is 1.37. The first-order valence-corrected chi connectivity index (χ1v) is 7.38. The van der Waals surface area contributed by atoms with Crippen LogP contribution in [0.1, 0.15) is 0 Å². The Morgan fingerprint density at radius 3 is 2.43 bits per heavy atom. The fourth-order valence-corrected chi connectivity index (χ4v) is 4.40. The Morgan fingerprint density at radius 1 is 1.57 bits per heavy atom. The molecule has 0 N–H and O–H groups in total. The van der Waals surface area contributed by atoms with Crippen LogP contribution in [0.25, 0.3) is 0 Å². The van der Waals surface area contributed by atoms with E-state index in [-0.39, 0.29) is 0 Å². The molecule has 1 aliphatic rings. The molecule has 0 aromatic carbocycles. The van der Waals surface area contributed by atoms with Gasteiger partial charge in [0.2, 0.25) is 0 Å². The second-order valence-electron chi connectivity index (χ2n) is 1.25. The summed E-state index contributed by atoms with van der Waals surface area (Å²) in [5.41, 5.74) is 0. The van der Waals surface area contributed by atoms with Crippen LogP contribution in [0.4, 0.5) is 0 Å². The summed E-state index contributed by atoms with van der Waals surface area (Å²) in [5, 5.41) is 0. The number of rotatable bonds is 0. The minimum absolute atomic E-state index is 0.888. The van der Waals surface area contributed by atoms with Crippen LogP contribution in [0.3, 0.4) is 0 Å². The molecule has 1 rings (SSSR count). The summed E-state index contributed by atoms with van der Waals surface area (Å²) in [5.74, 6) is 0. The van der Waals surface area contributed by atoms with E-state index in [0.29, 0.717) is 0 Å². The van der Waals surface area contributed by atoms with Gasteiger partial charge in [-0.05, 0) is 0 Å². The van der Waals surface area contributed by atoms with Crippen LogP contribution in [0.2, 0.25) is 0 Å². The second kappa shape index (κ2) is 2.34. The molecule has 0 aromatic rings. The topological polar surface area (TPSA) is 0 Å². The molecule has 1 unspecified atom stereocenters. The number of thiol groups is 2. The fraction of sp³-hybridized carbons (Fsp3) is 0. The van der Waals surface area contributed by atoms with E-state index >= 15 is 0 Å². The first-order chi connectivity index (χ1) is 3.29. The molecule has 0 aromatic heterocycles. The van der Waals surface area contributed by atoms with Crippen molar-refractivity contribution in [2.75, 3.05) is 0 Å². The molecular formula is C4H5AsS2. The third-order valence-corrected chi connectivity index (χ3v) is 4.77. The molecule has 0 radical (unpaired) electrons. The molecule has 0 fully saturated rings. The molecule has 1 heterocycles. The quantitative estimate of drug-likeness (QED) is 0.420. The molecule has 0 aliphatic carbocycles. The van der Waals surface area contributed by atoms with Crippen LogP contribution in [0, 0.1) is 0 Å². The maximum absolute atomic E-state index is 4.29. The van der Waals surface area contributed by atoms with E-state index in [0.717, 1.165) is 4.91 Å². The zero-order valence-corrected chi connectivity index (χ0v) is 7.24. The van der Waals surface area contributed by atoms with Gasteiger partial charge in [-0.3, -0.25) is 0 Å². The first kappa shape index (κ1) is 5.87. The van der Waals surface area contributed by atoms with Crippen molar-refractivity contribution in [3.05, 3.63) is 20.7 Å². The zero-order valence-electron chi connectivity index (χ0n) is 3.57. The molecule has 38 valence electrons. The van der Waals surface area contributed by atoms with Gasteiger partial charge >= 0.3 is 57.7 Å². The molecule has 0 nitrogen and oxygen atoms in total. The molecular weight excluding hydrogens is 187 g/mol. The van der Waals surface area contributed by atoms with E-state index in [2.05, 4.69) is 33.2 Å². The van der Waals surface area contributed by atoms with Crippen molar-refractivity contribution in [1.29, 1.82) is 0 Å². The van der Waals surface area contributed by atoms with Gasteiger partial charge in [0.05, 0.1) is 0 Å². The van der Waals surface area contributed by atoms with E-state index in [1.807, 2.05) is 6.08 Å². The summed E-state index contributed by atoms with van der Waals surface area (Å²) in [4.78, 5) is 5.34. The Bertz CT molecular complexity index is 128. The maximum atomic E-state index is 4.29. The Morgan fingerprint density at radius 2 is 2.29 bits per heavy atom. The van der Waals surface area contributed by atoms with Crippen LogP contribution in [-0.4, -0.2) is 13.5 Å². The van der Waals surface area contributed by atoms with Crippen molar-refractivity contribution in [1.82, 2.24) is 0 Å². The Kier molecular flexibility index (Phi) is 1.96. The summed E-state index contributed by atoms with van der Waals surface area (Å²) >= 11 is 3.23. The molecule has 0 saturated carbocycles. The number of hydrogen-bond donors (Lipinski definition) is 2. The first-order valence-electron chi connectivity index (χ1n) is 1.85. The van der Waals surface area contributed by atoms with Crippen molar-refractivity contribution in [2.24, 2.45) is 0 Å². The van der Waals surface area contributed by atoms with E-state index in [4.69, 9.17) is 0 Å². The van der Waals surface area contributed by atoms with Crippen LogP contribution >= 0.6 is 23.5 Å². The monoisotopic (exact) mass is 192 g/mol. The van der Waals surface area contributed by atoms with Crippen LogP contribution in [0.15, 0.2) is 20.7 Å². The van der Waals surface area contributed by atoms with Crippen molar-refractivity contribution < 1.29 is 0 Å². The molecule has 0 spiro atoms. The molecule has 0 saturated heterocycles. The predicted molar refractivity (Wildman–Crippen MR) is 40.9 cm³/mol. The average Bonchev–Trinajstić information content (AvgIpc) is 1.87. The molecule has 0 bridgehead atoms. The SMILES string of the molecule is SC1=C[As](S)C=C1. The summed E-state index contributed by atoms with van der Waals surface area (Å²) in [6, 6.07) is 0. The second-order valence-corrected chi connectivity index (χ2v) is 6.93. The van der Waals surface area contributed by atoms with Crippen LogP contribution in [0.5, 0.6) is 0 Å². The fourth-order valence-electron chi connectivity index (χ4n) is 0.374. The molecule has 3 heteroatoms. The van der Waals surface area contributed by atoms with E-state index in [1.54, 1.807) is 0 Å². The number of allylic oxidation sites excluding steroid dienone is 1. The van der Waals surface area contributed by atoms with E-state index in [9.17, 15) is 0 Å². The van der Waals surface area contributed by atoms with Crippen molar-refractivity contribution >= 4 is 37.0 Å². The van der Waals surface area contributed by atoms with Crippen molar-refractivity contribution in [3.8, 4) is 0 Å². The molecule has 1 atom stereocenters. The van der Waals surface area contributed by atoms with Gasteiger partial charge in [-0.25, -0.2) is 0 Å². The van der Waals surface area contributed by atoms with Gasteiger partial charge in [-0.2, -0.15) is 0 Å². The van der Waals surface area contributed by atoms with Crippen molar-refractivity contribution in [2.45, 2.75) is 0 Å². The van der Waals surface area contributed by atoms with Crippen LogP contribution in [-0.2, 0) is 0 Å². The summed E-state index contributed by atoms with van der Waals surface area (Å²) in [6.07, 6.45) is 2.01. The standard InChI is InChI=1S/C4H5AsS2/c6-4-1-2-5(7)3-4/h1-3,6-7H. The number of hydrogen-bond acceptors (Lipinski definition) is 2. The summed E-state index contributed by atoms with van der Waals surface area (Å²) < 4.78 is 0. The van der Waals surface area contributed by atoms with Gasteiger partial charge in [-0.15, -0.1) is 0 Å². The third-order valence-electron chi connectivity index (χ3n) is 0.663. The minimum atomic E-state index is -0.888. The zero-order chi connectivity index (χ0) is 5.28. The Labute approximate surface area is 57.7 Å². The van der Waals surface area contributed by atoms with Gasteiger partial charge in [0.25, 0.3) is 0 Å². The Hall–Kier alpha value is 0.738. The van der Waals surface area contributed by atoms with E-state index in [1.165, 1.54) is 0 Å². The Balaban J connectivity index is 2.69. The molecule has 1 aliphatic heterocycles. The average molecular weight is 192 g/mol. The summed E-state index contributed by atoms with van der Waals surface area (Å²) in [7, 11) is 4.29. The van der Waals surface area contributed by atoms with Gasteiger partial charge in [0.15, 0.2) is 0 Å². The van der Waals surface area contributed by atoms with Crippen molar-refractivity contribution in [3.63, 3.8) is 0 Å². The molecule has 0 amide bonds.